The van der Waals surface area contributed by atoms with Gasteiger partial charge < -0.3 is 0 Å². The molecule has 1 atom stereocenters. The fraction of sp³-hybridized carbons (Fsp3) is 0.625. The number of benzene rings is 1. The molecule has 1 aliphatic rings. The lowest BCUT2D eigenvalue weighted by atomic mass is 9.82. The van der Waals surface area contributed by atoms with Crippen molar-refractivity contribution >= 4 is 15.9 Å². The number of nitrogens with one attached hydrogen (secondary N) is 1. The van der Waals surface area contributed by atoms with Gasteiger partial charge in [-0.15, -0.1) is 0 Å². The summed E-state index contributed by atoms with van der Waals surface area (Å²) in [6.07, 6.45) is 4.44. The normalized spacial score (nSPS) is 19.1. The lowest BCUT2D eigenvalue weighted by Gasteiger charge is -2.46. The van der Waals surface area contributed by atoms with Gasteiger partial charge in [0.25, 0.3) is 0 Å². The second-order valence-corrected chi connectivity index (χ2v) is 6.66. The molecule has 0 aromatic heterocycles. The minimum Gasteiger partial charge on any atom is -0.296 e. The molecule has 1 aromatic carbocycles. The van der Waals surface area contributed by atoms with Crippen molar-refractivity contribution in [2.75, 3.05) is 13.1 Å². The molecule has 0 bridgehead atoms. The van der Waals surface area contributed by atoms with Gasteiger partial charge in [0.15, 0.2) is 0 Å². The van der Waals surface area contributed by atoms with E-state index < -0.39 is 0 Å². The SMILES string of the molecule is CCN(CC)C1(C(NN)c2cc(Br)ccc2F)CCCC1. The summed E-state index contributed by atoms with van der Waals surface area (Å²) in [5.74, 6) is 5.68. The minimum atomic E-state index is -0.197. The van der Waals surface area contributed by atoms with Crippen LogP contribution < -0.4 is 11.3 Å². The highest BCUT2D eigenvalue weighted by Crippen LogP contribution is 2.45. The smallest absolute Gasteiger partial charge is 0.128 e. The minimum absolute atomic E-state index is 0.0973. The molecule has 1 aromatic rings. The molecular weight excluding hydrogens is 333 g/mol. The van der Waals surface area contributed by atoms with Crippen molar-refractivity contribution in [1.82, 2.24) is 10.3 Å². The standard InChI is InChI=1S/C16H25BrFN3/c1-3-21(4-2)16(9-5-6-10-16)15(20-19)13-11-12(17)7-8-14(13)18/h7-8,11,15,20H,3-6,9-10,19H2,1-2H3. The maximum absolute atomic E-state index is 14.4. The summed E-state index contributed by atoms with van der Waals surface area (Å²) >= 11 is 3.44. The van der Waals surface area contributed by atoms with Crippen molar-refractivity contribution < 1.29 is 4.39 Å². The highest BCUT2D eigenvalue weighted by molar-refractivity contribution is 9.10. The van der Waals surface area contributed by atoms with Crippen LogP contribution in [-0.4, -0.2) is 23.5 Å². The third-order valence-electron chi connectivity index (χ3n) is 4.84. The van der Waals surface area contributed by atoms with Gasteiger partial charge in [0, 0.05) is 15.6 Å². The molecule has 1 aliphatic carbocycles. The second-order valence-electron chi connectivity index (χ2n) is 5.75. The Morgan fingerprint density at radius 1 is 1.33 bits per heavy atom. The molecule has 118 valence electrons. The predicted molar refractivity (Wildman–Crippen MR) is 88.3 cm³/mol. The Kier molecular flexibility index (Phi) is 5.77. The largest absolute Gasteiger partial charge is 0.296 e. The van der Waals surface area contributed by atoms with Crippen molar-refractivity contribution in [3.63, 3.8) is 0 Å². The van der Waals surface area contributed by atoms with Gasteiger partial charge in [-0.25, -0.2) is 4.39 Å². The van der Waals surface area contributed by atoms with E-state index in [9.17, 15) is 4.39 Å². The van der Waals surface area contributed by atoms with E-state index >= 15 is 0 Å². The number of hydrazine groups is 1. The summed E-state index contributed by atoms with van der Waals surface area (Å²) in [6, 6.07) is 4.89. The Labute approximate surface area is 135 Å². The lowest BCUT2D eigenvalue weighted by Crippen LogP contribution is -2.56. The Morgan fingerprint density at radius 2 is 1.95 bits per heavy atom. The van der Waals surface area contributed by atoms with Crippen molar-refractivity contribution in [3.05, 3.63) is 34.1 Å². The number of halogens is 2. The van der Waals surface area contributed by atoms with E-state index in [4.69, 9.17) is 5.84 Å². The zero-order chi connectivity index (χ0) is 15.5. The summed E-state index contributed by atoms with van der Waals surface area (Å²) in [6.45, 7) is 6.22. The molecule has 0 spiro atoms. The van der Waals surface area contributed by atoms with Gasteiger partial charge >= 0.3 is 0 Å². The Bertz CT molecular complexity index is 471. The molecule has 1 saturated carbocycles. The maximum atomic E-state index is 14.4. The first-order chi connectivity index (χ1) is 10.1. The van der Waals surface area contributed by atoms with Gasteiger partial charge in [0.2, 0.25) is 0 Å². The van der Waals surface area contributed by atoms with E-state index in [1.165, 1.54) is 18.9 Å². The van der Waals surface area contributed by atoms with Gasteiger partial charge in [0.1, 0.15) is 5.82 Å². The lowest BCUT2D eigenvalue weighted by molar-refractivity contribution is 0.0612. The molecule has 2 rings (SSSR count). The van der Waals surface area contributed by atoms with Crippen LogP contribution in [0.5, 0.6) is 0 Å². The highest BCUT2D eigenvalue weighted by Gasteiger charge is 2.46. The Morgan fingerprint density at radius 3 is 2.48 bits per heavy atom. The summed E-state index contributed by atoms with van der Waals surface area (Å²) < 4.78 is 15.2. The van der Waals surface area contributed by atoms with Crippen LogP contribution >= 0.6 is 15.9 Å². The fourth-order valence-corrected chi connectivity index (χ4v) is 4.28. The predicted octanol–water partition coefficient (Wildman–Crippen LogP) is 3.75. The molecular formula is C16H25BrFN3. The first-order valence-electron chi connectivity index (χ1n) is 7.75. The maximum Gasteiger partial charge on any atom is 0.128 e. The molecule has 1 fully saturated rings. The van der Waals surface area contributed by atoms with Gasteiger partial charge in [-0.3, -0.25) is 16.2 Å². The van der Waals surface area contributed by atoms with Gasteiger partial charge in [0.05, 0.1) is 6.04 Å². The molecule has 0 radical (unpaired) electrons. The molecule has 0 heterocycles. The zero-order valence-electron chi connectivity index (χ0n) is 12.8. The average molecular weight is 358 g/mol. The molecule has 0 aliphatic heterocycles. The monoisotopic (exact) mass is 357 g/mol. The third-order valence-corrected chi connectivity index (χ3v) is 5.33. The van der Waals surface area contributed by atoms with Crippen molar-refractivity contribution in [2.24, 2.45) is 5.84 Å². The van der Waals surface area contributed by atoms with Crippen molar-refractivity contribution in [1.29, 1.82) is 0 Å². The van der Waals surface area contributed by atoms with Crippen LogP contribution in [0.1, 0.15) is 51.1 Å². The van der Waals surface area contributed by atoms with E-state index in [-0.39, 0.29) is 17.4 Å². The van der Waals surface area contributed by atoms with Crippen molar-refractivity contribution in [3.8, 4) is 0 Å². The third kappa shape index (κ3) is 3.16. The second kappa shape index (κ2) is 7.18. The summed E-state index contributed by atoms with van der Waals surface area (Å²) in [7, 11) is 0. The first-order valence-corrected chi connectivity index (χ1v) is 8.54. The molecule has 3 N–H and O–H groups in total. The topological polar surface area (TPSA) is 41.3 Å². The highest BCUT2D eigenvalue weighted by atomic mass is 79.9. The molecule has 21 heavy (non-hydrogen) atoms. The Balaban J connectivity index is 2.47. The number of hydrogen-bond donors (Lipinski definition) is 2. The van der Waals surface area contributed by atoms with Crippen LogP contribution in [0.3, 0.4) is 0 Å². The van der Waals surface area contributed by atoms with Gasteiger partial charge in [-0.05, 0) is 44.1 Å². The van der Waals surface area contributed by atoms with E-state index in [1.807, 2.05) is 6.07 Å². The van der Waals surface area contributed by atoms with Crippen molar-refractivity contribution in [2.45, 2.75) is 51.1 Å². The van der Waals surface area contributed by atoms with Crippen LogP contribution in [0.2, 0.25) is 0 Å². The van der Waals surface area contributed by atoms with E-state index in [2.05, 4.69) is 40.1 Å². The molecule has 1 unspecified atom stereocenters. The van der Waals surface area contributed by atoms with Crippen LogP contribution in [-0.2, 0) is 0 Å². The number of hydrogen-bond acceptors (Lipinski definition) is 3. The summed E-state index contributed by atoms with van der Waals surface area (Å²) in [5, 5.41) is 0. The van der Waals surface area contributed by atoms with E-state index in [0.717, 1.165) is 30.4 Å². The van der Waals surface area contributed by atoms with Crippen LogP contribution in [0.15, 0.2) is 22.7 Å². The zero-order valence-corrected chi connectivity index (χ0v) is 14.4. The van der Waals surface area contributed by atoms with Crippen LogP contribution in [0, 0.1) is 5.82 Å². The fourth-order valence-electron chi connectivity index (χ4n) is 3.90. The van der Waals surface area contributed by atoms with Gasteiger partial charge in [-0.2, -0.15) is 0 Å². The summed E-state index contributed by atoms with van der Waals surface area (Å²) in [4.78, 5) is 2.44. The molecule has 3 nitrogen and oxygen atoms in total. The van der Waals surface area contributed by atoms with Crippen LogP contribution in [0.25, 0.3) is 0 Å². The number of nitrogens with zero attached hydrogens (tertiary/aromatic N) is 1. The molecule has 5 heteroatoms. The summed E-state index contributed by atoms with van der Waals surface area (Å²) in [5.41, 5.74) is 3.47. The average Bonchev–Trinajstić information content (AvgIpc) is 2.95. The first kappa shape index (κ1) is 16.9. The van der Waals surface area contributed by atoms with E-state index in [1.54, 1.807) is 6.07 Å². The Hall–Kier alpha value is -0.490. The number of nitrogens with two attached hydrogens (primary N) is 1. The molecule has 0 saturated heterocycles. The van der Waals surface area contributed by atoms with E-state index in [0.29, 0.717) is 5.56 Å². The number of likely N-dealkylation sites (N-methyl/N-ethyl adjacent to an activating group) is 1. The quantitative estimate of drug-likeness (QED) is 0.601. The van der Waals surface area contributed by atoms with Crippen LogP contribution in [0.4, 0.5) is 4.39 Å². The number of rotatable bonds is 6. The molecule has 0 amide bonds. The van der Waals surface area contributed by atoms with Gasteiger partial charge in [-0.1, -0.05) is 42.6 Å².